The Morgan fingerprint density at radius 1 is 1.05 bits per heavy atom. The first-order valence-corrected chi connectivity index (χ1v) is 17.1. The van der Waals surface area contributed by atoms with E-state index in [1.807, 2.05) is 24.4 Å². The summed E-state index contributed by atoms with van der Waals surface area (Å²) in [6.07, 6.45) is 21.3. The summed E-state index contributed by atoms with van der Waals surface area (Å²) in [6, 6.07) is 7.35. The van der Waals surface area contributed by atoms with Crippen molar-refractivity contribution in [2.45, 2.75) is 111 Å². The van der Waals surface area contributed by atoms with E-state index in [-0.39, 0.29) is 11.9 Å². The van der Waals surface area contributed by atoms with Crippen LogP contribution in [-0.4, -0.2) is 29.0 Å². The number of rotatable bonds is 9. The smallest absolute Gasteiger partial charge is 0.141 e. The van der Waals surface area contributed by atoms with Crippen LogP contribution in [0.5, 0.6) is 5.75 Å². The summed E-state index contributed by atoms with van der Waals surface area (Å²) in [4.78, 5) is 8.98. The maximum Gasteiger partial charge on any atom is 0.141 e. The first-order chi connectivity index (χ1) is 20.2. The average molecular weight is 571 g/mol. The highest BCUT2D eigenvalue weighted by atomic mass is 16.5. The third kappa shape index (κ3) is 5.46. The molecule has 1 N–H and O–H groups in total. The Labute approximate surface area is 254 Å². The lowest BCUT2D eigenvalue weighted by molar-refractivity contribution is -0.0614. The van der Waals surface area contributed by atoms with Crippen LogP contribution in [0.25, 0.3) is 10.9 Å². The van der Waals surface area contributed by atoms with Gasteiger partial charge in [0.05, 0.1) is 18.4 Å². The van der Waals surface area contributed by atoms with Crippen LogP contribution in [-0.2, 0) is 4.74 Å². The molecular weight excluding hydrogens is 516 g/mol. The molecule has 2 aromatic rings. The minimum Gasteiger partial charge on any atom is -0.506 e. The second-order valence-electron chi connectivity index (χ2n) is 15.3. The molecule has 0 bridgehead atoms. The summed E-state index contributed by atoms with van der Waals surface area (Å²) in [7, 11) is 0. The fourth-order valence-electron chi connectivity index (χ4n) is 10.4. The van der Waals surface area contributed by atoms with Gasteiger partial charge in [-0.25, -0.2) is 0 Å². The van der Waals surface area contributed by atoms with Gasteiger partial charge in [0.25, 0.3) is 0 Å². The molecule has 6 rings (SSSR count). The lowest BCUT2D eigenvalue weighted by Crippen LogP contribution is -2.51. The zero-order valence-electron chi connectivity index (χ0n) is 26.8. The van der Waals surface area contributed by atoms with Crippen molar-refractivity contribution in [3.63, 3.8) is 0 Å². The molecule has 0 amide bonds. The number of phenolic OH excluding ortho intramolecular Hbond substituents is 1. The molecule has 3 saturated carbocycles. The largest absolute Gasteiger partial charge is 0.506 e. The summed E-state index contributed by atoms with van der Waals surface area (Å²) < 4.78 is 6.39. The molecule has 0 spiro atoms. The van der Waals surface area contributed by atoms with Gasteiger partial charge in [0.1, 0.15) is 11.3 Å². The number of hydrogen-bond donors (Lipinski definition) is 1. The number of ether oxygens (including phenoxy) is 1. The highest BCUT2D eigenvalue weighted by Crippen LogP contribution is 2.67. The summed E-state index contributed by atoms with van der Waals surface area (Å²) >= 11 is 0. The van der Waals surface area contributed by atoms with Crippen molar-refractivity contribution in [3.8, 4) is 5.75 Å². The van der Waals surface area contributed by atoms with Crippen molar-refractivity contribution < 1.29 is 9.84 Å². The van der Waals surface area contributed by atoms with E-state index >= 15 is 0 Å². The van der Waals surface area contributed by atoms with Crippen LogP contribution >= 0.6 is 0 Å². The van der Waals surface area contributed by atoms with Crippen LogP contribution < -0.4 is 0 Å². The Kier molecular flexibility index (Phi) is 8.57. The number of fused-ring (bicyclic) bond motifs is 6. The Balaban J connectivity index is 1.07. The Hall–Kier alpha value is -2.20. The van der Waals surface area contributed by atoms with E-state index in [2.05, 4.69) is 50.7 Å². The number of nitrogens with zero attached hydrogens (tertiary/aromatic N) is 2. The van der Waals surface area contributed by atoms with Crippen LogP contribution in [0.15, 0.2) is 47.1 Å². The molecule has 3 unspecified atom stereocenters. The molecule has 228 valence electrons. The second-order valence-corrected chi connectivity index (χ2v) is 15.3. The molecule has 4 nitrogen and oxygen atoms in total. The number of aromatic nitrogens is 1. The molecule has 4 heteroatoms. The van der Waals surface area contributed by atoms with Gasteiger partial charge in [0.2, 0.25) is 0 Å². The van der Waals surface area contributed by atoms with Gasteiger partial charge >= 0.3 is 0 Å². The molecule has 8 atom stereocenters. The van der Waals surface area contributed by atoms with Crippen LogP contribution in [0.4, 0.5) is 5.69 Å². The van der Waals surface area contributed by atoms with Crippen LogP contribution in [0.3, 0.4) is 0 Å². The number of aliphatic imine (C=N–C) groups is 1. The van der Waals surface area contributed by atoms with Crippen molar-refractivity contribution >= 4 is 22.8 Å². The predicted molar refractivity (Wildman–Crippen MR) is 174 cm³/mol. The molecule has 4 aliphatic carbocycles. The molecule has 0 saturated heterocycles. The molecule has 0 aliphatic heterocycles. The highest BCUT2D eigenvalue weighted by Gasteiger charge is 2.59. The van der Waals surface area contributed by atoms with Crippen LogP contribution in [0, 0.1) is 46.3 Å². The van der Waals surface area contributed by atoms with Gasteiger partial charge in [-0.1, -0.05) is 65.5 Å². The number of pyridine rings is 1. The number of allylic oxidation sites excluding steroid dienone is 1. The number of hydrogen-bond acceptors (Lipinski definition) is 4. The Morgan fingerprint density at radius 3 is 2.74 bits per heavy atom. The quantitative estimate of drug-likeness (QED) is 0.241. The van der Waals surface area contributed by atoms with E-state index in [0.29, 0.717) is 23.0 Å². The lowest BCUT2D eigenvalue weighted by Gasteiger charge is -2.58. The number of phenols is 1. The fourth-order valence-corrected chi connectivity index (χ4v) is 10.4. The number of benzene rings is 1. The van der Waals surface area contributed by atoms with Crippen LogP contribution in [0.2, 0.25) is 0 Å². The van der Waals surface area contributed by atoms with E-state index in [9.17, 15) is 5.11 Å². The number of aromatic hydroxyl groups is 1. The third-order valence-corrected chi connectivity index (χ3v) is 12.6. The van der Waals surface area contributed by atoms with E-state index in [4.69, 9.17) is 4.74 Å². The van der Waals surface area contributed by atoms with Crippen molar-refractivity contribution in [2.24, 2.45) is 51.3 Å². The average Bonchev–Trinajstić information content (AvgIpc) is 3.33. The van der Waals surface area contributed by atoms with Gasteiger partial charge in [-0.3, -0.25) is 9.98 Å². The van der Waals surface area contributed by atoms with E-state index < -0.39 is 0 Å². The molecule has 1 aromatic carbocycles. The molecule has 3 fully saturated rings. The first kappa shape index (κ1) is 29.9. The van der Waals surface area contributed by atoms with E-state index in [0.717, 1.165) is 59.4 Å². The van der Waals surface area contributed by atoms with Gasteiger partial charge in [-0.05, 0) is 122 Å². The summed E-state index contributed by atoms with van der Waals surface area (Å²) in [5, 5.41) is 11.0. The molecule has 0 radical (unpaired) electrons. The molecule has 42 heavy (non-hydrogen) atoms. The second kappa shape index (κ2) is 12.1. The highest BCUT2D eigenvalue weighted by molar-refractivity contribution is 5.94. The zero-order chi connectivity index (χ0) is 29.5. The van der Waals surface area contributed by atoms with Crippen molar-refractivity contribution in [1.82, 2.24) is 4.98 Å². The minimum absolute atomic E-state index is 0.191. The molecule has 1 heterocycles. The monoisotopic (exact) mass is 570 g/mol. The minimum atomic E-state index is 0.191. The van der Waals surface area contributed by atoms with Gasteiger partial charge in [-0.2, -0.15) is 0 Å². The van der Waals surface area contributed by atoms with Crippen molar-refractivity contribution in [1.29, 1.82) is 0 Å². The van der Waals surface area contributed by atoms with E-state index in [1.165, 1.54) is 57.8 Å². The standard InChI is InChI=1S/C38H54N2O2/c1-25(2)8-6-9-26(3)31-13-14-32-29-12-11-27-24-28(17-19-37(27,4)33(29)18-20-38(31,32)5)42-23-22-39-34-15-16-35(41)36-30(34)10-7-21-40-36/h7,10-11,15-16,21-22,25-26,28-29,31-33,41H,6,8-9,12-14,17-20,23-24H2,1-5H3/t26-,28+,29?,31-,32?,33?,37+,38-/m1/s1. The zero-order valence-corrected chi connectivity index (χ0v) is 26.8. The summed E-state index contributed by atoms with van der Waals surface area (Å²) in [6.45, 7) is 13.2. The SMILES string of the molecule is CC(C)CCC[C@@H](C)[C@H]1CCC2C3CC=C4C[C@@H](OCC=Nc5ccc(O)c6ncccc56)CC[C@]4(C)C3CC[C@@]21C. The van der Waals surface area contributed by atoms with Crippen molar-refractivity contribution in [3.05, 3.63) is 42.1 Å². The summed E-state index contributed by atoms with van der Waals surface area (Å²) in [5.41, 5.74) is 4.01. The Bertz CT molecular complexity index is 1320. The van der Waals surface area contributed by atoms with Gasteiger partial charge < -0.3 is 9.84 Å². The van der Waals surface area contributed by atoms with Gasteiger partial charge in [0.15, 0.2) is 0 Å². The van der Waals surface area contributed by atoms with Gasteiger partial charge in [0, 0.05) is 17.8 Å². The molecular formula is C38H54N2O2. The first-order valence-electron chi connectivity index (χ1n) is 17.1. The maximum atomic E-state index is 10.1. The fraction of sp³-hybridized carbons (Fsp3) is 0.684. The van der Waals surface area contributed by atoms with Gasteiger partial charge in [-0.15, -0.1) is 0 Å². The Morgan fingerprint density at radius 2 is 1.90 bits per heavy atom. The summed E-state index contributed by atoms with van der Waals surface area (Å²) in [5.74, 6) is 5.47. The van der Waals surface area contributed by atoms with Crippen LogP contribution in [0.1, 0.15) is 105 Å². The van der Waals surface area contributed by atoms with Crippen molar-refractivity contribution in [2.75, 3.05) is 6.61 Å². The topological polar surface area (TPSA) is 54.7 Å². The molecule has 1 aromatic heterocycles. The molecule has 4 aliphatic rings. The predicted octanol–water partition coefficient (Wildman–Crippen LogP) is 10.1. The maximum absolute atomic E-state index is 10.1. The van der Waals surface area contributed by atoms with E-state index in [1.54, 1.807) is 17.8 Å². The normalized spacial score (nSPS) is 35.2. The third-order valence-electron chi connectivity index (χ3n) is 12.6. The lowest BCUT2D eigenvalue weighted by atomic mass is 9.47.